The van der Waals surface area contributed by atoms with Gasteiger partial charge in [-0.05, 0) is 57.2 Å². The molecule has 35 heavy (non-hydrogen) atoms. The Morgan fingerprint density at radius 2 is 2.09 bits per heavy atom. The maximum Gasteiger partial charge on any atom is 0.409 e. The van der Waals surface area contributed by atoms with Gasteiger partial charge in [0.05, 0.1) is 18.8 Å². The number of benzene rings is 1. The molecule has 0 spiro atoms. The summed E-state index contributed by atoms with van der Waals surface area (Å²) in [6, 6.07) is 4.38. The van der Waals surface area contributed by atoms with Crippen molar-refractivity contribution in [2.75, 3.05) is 22.8 Å². The van der Waals surface area contributed by atoms with Gasteiger partial charge in [-0.1, -0.05) is 0 Å². The molecule has 2 heterocycles. The Kier molecular flexibility index (Phi) is 6.79. The first-order valence-electron chi connectivity index (χ1n) is 11.5. The molecular weight excluding hydrogens is 478 g/mol. The number of carboxylic acid groups (broad SMARTS) is 1. The number of rotatable bonds is 10. The average molecular weight is 508 g/mol. The summed E-state index contributed by atoms with van der Waals surface area (Å²) < 4.78 is 42.1. The normalized spacial score (nSPS) is 18.3. The third-order valence-corrected chi connectivity index (χ3v) is 7.85. The van der Waals surface area contributed by atoms with Crippen molar-refractivity contribution in [3.05, 3.63) is 24.4 Å². The standard InChI is InChI=1S/C22H29N5O7S/c1-3-26-12-19(21(25-26)33-4-2)35(31,32)27-11-15(10-16(20(23)28)13-5-6-13)34-18-8-7-14(9-17(18)27)24-22(29)30/h7-9,12-13,15-16,24H,3-6,10-11H2,1-2H3,(H2,23,28)(H,29,30)/t15-,16+/m0/s1. The van der Waals surface area contributed by atoms with Crippen LogP contribution in [0.25, 0.3) is 0 Å². The van der Waals surface area contributed by atoms with Gasteiger partial charge in [0, 0.05) is 24.3 Å². The number of carbonyl (C=O) groups excluding carboxylic acids is 1. The molecule has 4 rings (SSSR count). The Hall–Kier alpha value is -3.48. The largest absolute Gasteiger partial charge is 0.486 e. The molecule has 0 radical (unpaired) electrons. The lowest BCUT2D eigenvalue weighted by atomic mass is 9.95. The molecule has 1 aliphatic carbocycles. The second kappa shape index (κ2) is 9.64. The minimum Gasteiger partial charge on any atom is -0.486 e. The van der Waals surface area contributed by atoms with Crippen LogP contribution in [-0.4, -0.2) is 54.6 Å². The number of primary amides is 1. The van der Waals surface area contributed by atoms with Crippen LogP contribution in [0, 0.1) is 11.8 Å². The first-order chi connectivity index (χ1) is 16.6. The van der Waals surface area contributed by atoms with Crippen LogP contribution in [0.5, 0.6) is 11.6 Å². The van der Waals surface area contributed by atoms with Crippen LogP contribution in [0.1, 0.15) is 33.1 Å². The smallest absolute Gasteiger partial charge is 0.409 e. The maximum absolute atomic E-state index is 13.9. The zero-order valence-electron chi connectivity index (χ0n) is 19.5. The van der Waals surface area contributed by atoms with Gasteiger partial charge in [-0.2, -0.15) is 0 Å². The number of hydrogen-bond donors (Lipinski definition) is 3. The third-order valence-electron chi connectivity index (χ3n) is 6.08. The van der Waals surface area contributed by atoms with Gasteiger partial charge in [0.25, 0.3) is 15.9 Å². The molecular formula is C22H29N5O7S. The fourth-order valence-corrected chi connectivity index (χ4v) is 5.84. The fraction of sp³-hybridized carbons (Fsp3) is 0.500. The second-order valence-corrected chi connectivity index (χ2v) is 10.4. The molecule has 1 aromatic carbocycles. The minimum atomic E-state index is -4.20. The Bertz CT molecular complexity index is 1220. The molecule has 13 heteroatoms. The average Bonchev–Trinajstić information content (AvgIpc) is 3.55. The van der Waals surface area contributed by atoms with Gasteiger partial charge in [-0.25, -0.2) is 13.2 Å². The molecule has 2 amide bonds. The Morgan fingerprint density at radius 1 is 1.34 bits per heavy atom. The molecule has 1 saturated carbocycles. The number of hydrogen-bond acceptors (Lipinski definition) is 7. The highest BCUT2D eigenvalue weighted by atomic mass is 32.2. The minimum absolute atomic E-state index is 0.0215. The molecule has 2 atom stereocenters. The van der Waals surface area contributed by atoms with Crippen molar-refractivity contribution in [2.24, 2.45) is 17.6 Å². The van der Waals surface area contributed by atoms with Crippen LogP contribution in [0.3, 0.4) is 0 Å². The number of aryl methyl sites for hydroxylation is 1. The molecule has 4 N–H and O–H groups in total. The lowest BCUT2D eigenvalue weighted by Gasteiger charge is -2.36. The zero-order valence-corrected chi connectivity index (χ0v) is 20.3. The van der Waals surface area contributed by atoms with Crippen LogP contribution in [0.15, 0.2) is 29.3 Å². The van der Waals surface area contributed by atoms with Gasteiger partial charge in [0.15, 0.2) is 4.90 Å². The number of ether oxygens (including phenoxy) is 2. The monoisotopic (exact) mass is 507 g/mol. The summed E-state index contributed by atoms with van der Waals surface area (Å²) in [4.78, 5) is 23.1. The molecule has 12 nitrogen and oxygen atoms in total. The first kappa shape index (κ1) is 24.6. The van der Waals surface area contributed by atoms with Crippen molar-refractivity contribution in [2.45, 2.75) is 50.7 Å². The Morgan fingerprint density at radius 3 is 2.69 bits per heavy atom. The van der Waals surface area contributed by atoms with Gasteiger partial charge in [-0.15, -0.1) is 5.10 Å². The molecule has 2 aliphatic rings. The summed E-state index contributed by atoms with van der Waals surface area (Å²) in [6.45, 7) is 4.12. The van der Waals surface area contributed by atoms with Gasteiger partial charge < -0.3 is 20.3 Å². The van der Waals surface area contributed by atoms with Gasteiger partial charge in [-0.3, -0.25) is 19.1 Å². The van der Waals surface area contributed by atoms with E-state index in [1.54, 1.807) is 6.92 Å². The SMILES string of the molecule is CCOc1nn(CC)cc1S(=O)(=O)N1C[C@H](C[C@@H](C(N)=O)C2CC2)Oc2ccc(NC(=O)O)cc21. The molecule has 1 fully saturated rings. The molecule has 0 bridgehead atoms. The van der Waals surface area contributed by atoms with E-state index in [1.807, 2.05) is 6.92 Å². The highest BCUT2D eigenvalue weighted by molar-refractivity contribution is 7.93. The fourth-order valence-electron chi connectivity index (χ4n) is 4.27. The summed E-state index contributed by atoms with van der Waals surface area (Å²) >= 11 is 0. The topological polar surface area (TPSA) is 166 Å². The summed E-state index contributed by atoms with van der Waals surface area (Å²) in [6.07, 6.45) is 1.55. The molecule has 0 unspecified atom stereocenters. The number of nitrogens with two attached hydrogens (primary N) is 1. The van der Waals surface area contributed by atoms with Crippen LogP contribution >= 0.6 is 0 Å². The lowest BCUT2D eigenvalue weighted by Crippen LogP contribution is -2.45. The molecule has 1 aliphatic heterocycles. The summed E-state index contributed by atoms with van der Waals surface area (Å²) in [5.74, 6) is -0.439. The predicted octanol–water partition coefficient (Wildman–Crippen LogP) is 2.25. The number of aromatic nitrogens is 2. The Balaban J connectivity index is 1.76. The van der Waals surface area contributed by atoms with Crippen molar-refractivity contribution in [1.82, 2.24) is 9.78 Å². The third kappa shape index (κ3) is 5.14. The maximum atomic E-state index is 13.9. The number of fused-ring (bicyclic) bond motifs is 1. The van der Waals surface area contributed by atoms with Gasteiger partial charge >= 0.3 is 6.09 Å². The van der Waals surface area contributed by atoms with Gasteiger partial charge in [0.2, 0.25) is 5.91 Å². The summed E-state index contributed by atoms with van der Waals surface area (Å²) in [7, 11) is -4.20. The van der Waals surface area contributed by atoms with E-state index in [0.29, 0.717) is 6.54 Å². The number of amides is 2. The molecule has 2 aromatic rings. The van der Waals surface area contributed by atoms with Crippen molar-refractivity contribution in [3.63, 3.8) is 0 Å². The van der Waals surface area contributed by atoms with Crippen LogP contribution in [0.4, 0.5) is 16.2 Å². The van der Waals surface area contributed by atoms with Crippen molar-refractivity contribution in [3.8, 4) is 11.6 Å². The Labute approximate surface area is 203 Å². The second-order valence-electron chi connectivity index (χ2n) is 8.56. The quantitative estimate of drug-likeness (QED) is 0.440. The van der Waals surface area contributed by atoms with Crippen molar-refractivity contribution < 1.29 is 32.6 Å². The van der Waals surface area contributed by atoms with Crippen LogP contribution < -0.4 is 24.8 Å². The lowest BCUT2D eigenvalue weighted by molar-refractivity contribution is -0.123. The van der Waals surface area contributed by atoms with E-state index in [2.05, 4.69) is 10.4 Å². The first-order valence-corrected chi connectivity index (χ1v) is 12.9. The van der Waals surface area contributed by atoms with E-state index in [4.69, 9.17) is 20.3 Å². The van der Waals surface area contributed by atoms with Crippen LogP contribution in [-0.2, 0) is 21.4 Å². The van der Waals surface area contributed by atoms with Crippen molar-refractivity contribution >= 4 is 33.4 Å². The van der Waals surface area contributed by atoms with Crippen LogP contribution in [0.2, 0.25) is 0 Å². The number of nitrogens with zero attached hydrogens (tertiary/aromatic N) is 3. The molecule has 0 saturated heterocycles. The summed E-state index contributed by atoms with van der Waals surface area (Å²) in [5.41, 5.74) is 5.97. The number of carbonyl (C=O) groups is 2. The van der Waals surface area contributed by atoms with Crippen molar-refractivity contribution in [1.29, 1.82) is 0 Å². The molecule has 190 valence electrons. The highest BCUT2D eigenvalue weighted by Crippen LogP contribution is 2.44. The van der Waals surface area contributed by atoms with E-state index in [9.17, 15) is 18.0 Å². The van der Waals surface area contributed by atoms with E-state index in [1.165, 1.54) is 29.1 Å². The summed E-state index contributed by atoms with van der Waals surface area (Å²) in [5, 5.41) is 15.6. The number of anilines is 2. The predicted molar refractivity (Wildman–Crippen MR) is 126 cm³/mol. The van der Waals surface area contributed by atoms with E-state index in [-0.39, 0.29) is 53.4 Å². The van der Waals surface area contributed by atoms with E-state index < -0.39 is 34.0 Å². The van der Waals surface area contributed by atoms with E-state index >= 15 is 0 Å². The zero-order chi connectivity index (χ0) is 25.3. The van der Waals surface area contributed by atoms with E-state index in [0.717, 1.165) is 17.1 Å². The molecule has 1 aromatic heterocycles. The number of sulfonamides is 1. The number of nitrogens with one attached hydrogen (secondary N) is 1. The highest BCUT2D eigenvalue weighted by Gasteiger charge is 2.42. The van der Waals surface area contributed by atoms with Gasteiger partial charge in [0.1, 0.15) is 11.9 Å².